The van der Waals surface area contributed by atoms with Crippen molar-refractivity contribution in [2.45, 2.75) is 72.0 Å². The first-order chi connectivity index (χ1) is 14.3. The molecule has 160 valence electrons. The molecule has 0 unspecified atom stereocenters. The Morgan fingerprint density at radius 2 is 1.73 bits per heavy atom. The van der Waals surface area contributed by atoms with Gasteiger partial charge in [-0.1, -0.05) is 70.4 Å². The molecule has 1 aromatic carbocycles. The van der Waals surface area contributed by atoms with E-state index in [4.69, 9.17) is 4.98 Å². The van der Waals surface area contributed by atoms with Gasteiger partial charge < -0.3 is 14.8 Å². The molecule has 1 aliphatic heterocycles. The maximum atomic E-state index is 13.2. The van der Waals surface area contributed by atoms with E-state index >= 15 is 0 Å². The second-order valence-electron chi connectivity index (χ2n) is 9.53. The van der Waals surface area contributed by atoms with Gasteiger partial charge in [0.15, 0.2) is 5.69 Å². The number of aromatic nitrogens is 2. The van der Waals surface area contributed by atoms with Crippen LogP contribution in [-0.4, -0.2) is 38.9 Å². The average molecular weight is 409 g/mol. The van der Waals surface area contributed by atoms with Crippen LogP contribution in [0.15, 0.2) is 30.3 Å². The zero-order valence-electron chi connectivity index (χ0n) is 18.3. The molecule has 0 radical (unpaired) electrons. The molecule has 0 saturated heterocycles. The van der Waals surface area contributed by atoms with Crippen LogP contribution in [0.2, 0.25) is 0 Å². The van der Waals surface area contributed by atoms with Crippen LogP contribution < -0.4 is 5.32 Å². The van der Waals surface area contributed by atoms with Crippen LogP contribution in [0.5, 0.6) is 0 Å². The number of nitrogens with zero attached hydrogens (tertiary/aromatic N) is 3. The molecule has 6 nitrogen and oxygen atoms in total. The molecule has 0 bridgehead atoms. The van der Waals surface area contributed by atoms with E-state index in [1.807, 2.05) is 56.0 Å². The van der Waals surface area contributed by atoms with Crippen molar-refractivity contribution < 1.29 is 9.59 Å². The summed E-state index contributed by atoms with van der Waals surface area (Å²) in [6, 6.07) is 10.2. The number of hydrogen-bond acceptors (Lipinski definition) is 3. The normalized spacial score (nSPS) is 17.5. The number of benzene rings is 1. The van der Waals surface area contributed by atoms with Crippen molar-refractivity contribution in [1.82, 2.24) is 19.8 Å². The number of amides is 2. The summed E-state index contributed by atoms with van der Waals surface area (Å²) < 4.78 is 2.12. The predicted molar refractivity (Wildman–Crippen MR) is 117 cm³/mol. The molecule has 2 heterocycles. The largest absolute Gasteiger partial charge is 0.348 e. The Morgan fingerprint density at radius 3 is 2.40 bits per heavy atom. The lowest BCUT2D eigenvalue weighted by molar-refractivity contribution is -0.141. The highest BCUT2D eigenvalue weighted by atomic mass is 16.2. The van der Waals surface area contributed by atoms with Crippen LogP contribution in [0.3, 0.4) is 0 Å². The standard InChI is InChI=1S/C24H32N4O2/c1-24(2,3)23(30)27-14-15-28-19(16-27)20(22(29)25-18-12-8-5-9-13-18)26-21(28)17-10-6-4-7-11-17/h4,6-7,10-11,18H,5,8-9,12-16H2,1-3H3,(H,25,29). The molecule has 2 aromatic rings. The maximum absolute atomic E-state index is 13.2. The molecule has 1 aromatic heterocycles. The van der Waals surface area contributed by atoms with Crippen molar-refractivity contribution >= 4 is 11.8 Å². The summed E-state index contributed by atoms with van der Waals surface area (Å²) in [5.74, 6) is 0.801. The number of rotatable bonds is 3. The Balaban J connectivity index is 1.68. The molecule has 6 heteroatoms. The molecule has 4 rings (SSSR count). The molecule has 1 fully saturated rings. The average Bonchev–Trinajstić information content (AvgIpc) is 3.13. The van der Waals surface area contributed by atoms with E-state index in [1.54, 1.807) is 0 Å². The zero-order chi connectivity index (χ0) is 21.3. The number of carbonyl (C=O) groups excluding carboxylic acids is 2. The first kappa shape index (κ1) is 20.6. The van der Waals surface area contributed by atoms with Crippen LogP contribution in [0.1, 0.15) is 69.1 Å². The fraction of sp³-hybridized carbons (Fsp3) is 0.542. The Labute approximate surface area is 178 Å². The number of carbonyl (C=O) groups is 2. The number of imidazole rings is 1. The lowest BCUT2D eigenvalue weighted by Crippen LogP contribution is -2.44. The summed E-state index contributed by atoms with van der Waals surface area (Å²) in [6.45, 7) is 7.51. The van der Waals surface area contributed by atoms with Crippen molar-refractivity contribution in [3.05, 3.63) is 41.7 Å². The summed E-state index contributed by atoms with van der Waals surface area (Å²) in [7, 11) is 0. The second kappa shape index (κ2) is 8.25. The quantitative estimate of drug-likeness (QED) is 0.835. The lowest BCUT2D eigenvalue weighted by Gasteiger charge is -2.34. The second-order valence-corrected chi connectivity index (χ2v) is 9.53. The highest BCUT2D eigenvalue weighted by Gasteiger charge is 2.34. The molecule has 2 aliphatic rings. The maximum Gasteiger partial charge on any atom is 0.272 e. The molecule has 1 N–H and O–H groups in total. The van der Waals surface area contributed by atoms with Crippen LogP contribution in [-0.2, 0) is 17.9 Å². The van der Waals surface area contributed by atoms with Crippen LogP contribution in [0.25, 0.3) is 11.4 Å². The fourth-order valence-electron chi connectivity index (χ4n) is 4.51. The van der Waals surface area contributed by atoms with Gasteiger partial charge in [0.25, 0.3) is 5.91 Å². The highest BCUT2D eigenvalue weighted by molar-refractivity contribution is 5.95. The number of hydrogen-bond donors (Lipinski definition) is 1. The van der Waals surface area contributed by atoms with Gasteiger partial charge in [-0.3, -0.25) is 9.59 Å². The Hall–Kier alpha value is -2.63. The summed E-state index contributed by atoms with van der Waals surface area (Å²) >= 11 is 0. The molecular formula is C24H32N4O2. The molecule has 1 saturated carbocycles. The van der Waals surface area contributed by atoms with Crippen molar-refractivity contribution in [2.75, 3.05) is 6.54 Å². The third kappa shape index (κ3) is 4.13. The van der Waals surface area contributed by atoms with Crippen molar-refractivity contribution in [1.29, 1.82) is 0 Å². The molecule has 1 aliphatic carbocycles. The van der Waals surface area contributed by atoms with E-state index in [-0.39, 0.29) is 17.9 Å². The first-order valence-electron chi connectivity index (χ1n) is 11.1. The minimum atomic E-state index is -0.449. The summed E-state index contributed by atoms with van der Waals surface area (Å²) in [4.78, 5) is 32.8. The zero-order valence-corrected chi connectivity index (χ0v) is 18.3. The van der Waals surface area contributed by atoms with E-state index in [2.05, 4.69) is 9.88 Å². The topological polar surface area (TPSA) is 67.2 Å². The van der Waals surface area contributed by atoms with Gasteiger partial charge in [0.1, 0.15) is 5.82 Å². The molecule has 0 atom stereocenters. The smallest absolute Gasteiger partial charge is 0.272 e. The molecule has 2 amide bonds. The monoisotopic (exact) mass is 408 g/mol. The fourth-order valence-corrected chi connectivity index (χ4v) is 4.51. The summed E-state index contributed by atoms with van der Waals surface area (Å²) in [5.41, 5.74) is 1.84. The van der Waals surface area contributed by atoms with Crippen molar-refractivity contribution in [3.63, 3.8) is 0 Å². The number of fused-ring (bicyclic) bond motifs is 1. The third-order valence-corrected chi connectivity index (χ3v) is 6.12. The molecule has 30 heavy (non-hydrogen) atoms. The van der Waals surface area contributed by atoms with Crippen molar-refractivity contribution in [3.8, 4) is 11.4 Å². The van der Waals surface area contributed by atoms with Gasteiger partial charge in [0.05, 0.1) is 12.2 Å². The Bertz CT molecular complexity index is 921. The summed E-state index contributed by atoms with van der Waals surface area (Å²) in [6.07, 6.45) is 5.63. The predicted octanol–water partition coefficient (Wildman–Crippen LogP) is 4.00. The summed E-state index contributed by atoms with van der Waals surface area (Å²) in [5, 5.41) is 3.21. The van der Waals surface area contributed by atoms with E-state index in [1.165, 1.54) is 6.42 Å². The Morgan fingerprint density at radius 1 is 1.03 bits per heavy atom. The van der Waals surface area contributed by atoms with E-state index in [0.717, 1.165) is 42.8 Å². The van der Waals surface area contributed by atoms with E-state index in [0.29, 0.717) is 25.3 Å². The van der Waals surface area contributed by atoms with Crippen LogP contribution in [0, 0.1) is 5.41 Å². The van der Waals surface area contributed by atoms with Crippen LogP contribution in [0.4, 0.5) is 0 Å². The van der Waals surface area contributed by atoms with Gasteiger partial charge in [0.2, 0.25) is 5.91 Å². The van der Waals surface area contributed by atoms with E-state index < -0.39 is 5.41 Å². The molecular weight excluding hydrogens is 376 g/mol. The van der Waals surface area contributed by atoms with Gasteiger partial charge in [-0.05, 0) is 12.8 Å². The van der Waals surface area contributed by atoms with Gasteiger partial charge in [0, 0.05) is 30.1 Å². The highest BCUT2D eigenvalue weighted by Crippen LogP contribution is 2.29. The minimum absolute atomic E-state index is 0.106. The Kier molecular flexibility index (Phi) is 5.67. The van der Waals surface area contributed by atoms with Crippen molar-refractivity contribution in [2.24, 2.45) is 5.41 Å². The van der Waals surface area contributed by atoms with Gasteiger partial charge in [-0.25, -0.2) is 4.98 Å². The SMILES string of the molecule is CC(C)(C)C(=O)N1CCn2c(-c3ccccc3)nc(C(=O)NC3CCCCC3)c2C1. The lowest BCUT2D eigenvalue weighted by atomic mass is 9.94. The third-order valence-electron chi connectivity index (χ3n) is 6.12. The molecule has 0 spiro atoms. The van der Waals surface area contributed by atoms with Gasteiger partial charge in [-0.15, -0.1) is 0 Å². The van der Waals surface area contributed by atoms with E-state index in [9.17, 15) is 9.59 Å². The van der Waals surface area contributed by atoms with Gasteiger partial charge >= 0.3 is 0 Å². The van der Waals surface area contributed by atoms with Gasteiger partial charge in [-0.2, -0.15) is 0 Å². The van der Waals surface area contributed by atoms with Crippen LogP contribution >= 0.6 is 0 Å². The minimum Gasteiger partial charge on any atom is -0.348 e. The number of nitrogens with one attached hydrogen (secondary N) is 1. The first-order valence-corrected chi connectivity index (χ1v) is 11.1.